The van der Waals surface area contributed by atoms with Crippen LogP contribution in [0.15, 0.2) is 48.5 Å². The van der Waals surface area contributed by atoms with Crippen LogP contribution >= 0.6 is 11.6 Å². The number of rotatable bonds is 2. The maximum absolute atomic E-state index is 13.5. The van der Waals surface area contributed by atoms with E-state index in [1.54, 1.807) is 12.1 Å². The Kier molecular flexibility index (Phi) is 4.08. The molecule has 2 heterocycles. The molecule has 1 atom stereocenters. The lowest BCUT2D eigenvalue weighted by atomic mass is 9.77. The van der Waals surface area contributed by atoms with Gasteiger partial charge in [0.15, 0.2) is 0 Å². The maximum atomic E-state index is 13.5. The first kappa shape index (κ1) is 16.6. The number of hydrogen-bond donors (Lipinski definition) is 2. The van der Waals surface area contributed by atoms with Crippen LogP contribution in [0.5, 0.6) is 0 Å². The third-order valence-corrected chi connectivity index (χ3v) is 5.71. The Hall–Kier alpha value is -1.86. The Labute approximate surface area is 152 Å². The zero-order valence-corrected chi connectivity index (χ0v) is 14.5. The average molecular weight is 356 g/mol. The molecule has 2 aliphatic rings. The van der Waals surface area contributed by atoms with Gasteiger partial charge in [-0.25, -0.2) is 4.39 Å². The zero-order chi connectivity index (χ0) is 17.5. The number of aliphatic hydroxyl groups excluding tert-OH is 1. The van der Waals surface area contributed by atoms with Gasteiger partial charge in [0.1, 0.15) is 5.82 Å². The highest BCUT2D eigenvalue weighted by atomic mass is 35.5. The number of fused-ring (bicyclic) bond motifs is 2. The molecule has 25 heavy (non-hydrogen) atoms. The van der Waals surface area contributed by atoms with Crippen LogP contribution in [0.4, 0.5) is 4.39 Å². The fourth-order valence-electron chi connectivity index (χ4n) is 4.07. The van der Waals surface area contributed by atoms with Crippen molar-refractivity contribution in [1.29, 1.82) is 0 Å². The predicted molar refractivity (Wildman–Crippen MR) is 96.8 cm³/mol. The molecule has 0 aliphatic carbocycles. The third-order valence-electron chi connectivity index (χ3n) is 5.46. The molecule has 2 aromatic rings. The van der Waals surface area contributed by atoms with Crippen LogP contribution in [0.3, 0.4) is 0 Å². The summed E-state index contributed by atoms with van der Waals surface area (Å²) in [6.07, 6.45) is 2.71. The first-order valence-electron chi connectivity index (χ1n) is 8.52. The van der Waals surface area contributed by atoms with Crippen LogP contribution in [0, 0.1) is 17.7 Å². The molecule has 2 saturated heterocycles. The van der Waals surface area contributed by atoms with Crippen molar-refractivity contribution >= 4 is 11.6 Å². The number of aliphatic hydroxyl groups is 1. The largest absolute Gasteiger partial charge is 0.386 e. The van der Waals surface area contributed by atoms with Crippen LogP contribution in [0.2, 0.25) is 5.02 Å². The van der Waals surface area contributed by atoms with E-state index in [0.717, 1.165) is 31.2 Å². The summed E-state index contributed by atoms with van der Waals surface area (Å²) < 4.78 is 13.5. The first-order valence-corrected chi connectivity index (χ1v) is 8.90. The van der Waals surface area contributed by atoms with E-state index in [1.165, 1.54) is 12.1 Å². The van der Waals surface area contributed by atoms with Crippen LogP contribution < -0.4 is 5.32 Å². The molecule has 4 rings (SSSR count). The number of nitrogens with one attached hydrogen (secondary N) is 1. The second-order valence-corrected chi connectivity index (χ2v) is 7.51. The highest BCUT2D eigenvalue weighted by Gasteiger charge is 2.56. The van der Waals surface area contributed by atoms with Crippen molar-refractivity contribution in [1.82, 2.24) is 5.32 Å². The summed E-state index contributed by atoms with van der Waals surface area (Å²) in [6.45, 7) is 0. The summed E-state index contributed by atoms with van der Waals surface area (Å²) in [5.74, 6) is 6.28. The van der Waals surface area contributed by atoms with Gasteiger partial charge in [0.05, 0.1) is 11.6 Å². The van der Waals surface area contributed by atoms with E-state index in [-0.39, 0.29) is 11.4 Å². The number of benzene rings is 2. The molecule has 2 fully saturated rings. The summed E-state index contributed by atoms with van der Waals surface area (Å²) in [5, 5.41) is 15.1. The lowest BCUT2D eigenvalue weighted by Gasteiger charge is -2.32. The molecule has 2 nitrogen and oxygen atoms in total. The van der Waals surface area contributed by atoms with Gasteiger partial charge in [0, 0.05) is 16.1 Å². The molecule has 0 unspecified atom stereocenters. The molecule has 0 aromatic heterocycles. The first-order chi connectivity index (χ1) is 12.0. The summed E-state index contributed by atoms with van der Waals surface area (Å²) >= 11 is 5.91. The molecular weight excluding hydrogens is 337 g/mol. The van der Waals surface area contributed by atoms with Gasteiger partial charge in [0.25, 0.3) is 0 Å². The molecule has 0 amide bonds. The molecule has 2 aliphatic heterocycles. The quantitative estimate of drug-likeness (QED) is 0.790. The fourth-order valence-corrected chi connectivity index (χ4v) is 4.19. The third kappa shape index (κ3) is 3.06. The summed E-state index contributed by atoms with van der Waals surface area (Å²) in [7, 11) is 0. The van der Waals surface area contributed by atoms with Gasteiger partial charge in [-0.15, -0.1) is 0 Å². The van der Waals surface area contributed by atoms with Gasteiger partial charge in [-0.1, -0.05) is 35.6 Å². The van der Waals surface area contributed by atoms with Crippen molar-refractivity contribution < 1.29 is 9.50 Å². The van der Waals surface area contributed by atoms with E-state index in [0.29, 0.717) is 10.6 Å². The predicted octanol–water partition coefficient (Wildman–Crippen LogP) is 4.22. The van der Waals surface area contributed by atoms with Crippen LogP contribution in [0.25, 0.3) is 0 Å². The van der Waals surface area contributed by atoms with Crippen molar-refractivity contribution in [3.8, 4) is 11.8 Å². The lowest BCUT2D eigenvalue weighted by Crippen LogP contribution is -2.45. The molecule has 4 heteroatoms. The highest BCUT2D eigenvalue weighted by Crippen LogP contribution is 2.50. The molecule has 2 N–H and O–H groups in total. The zero-order valence-electron chi connectivity index (χ0n) is 13.7. The molecule has 0 saturated carbocycles. The van der Waals surface area contributed by atoms with Crippen LogP contribution in [-0.2, 0) is 0 Å². The van der Waals surface area contributed by atoms with Crippen molar-refractivity contribution in [2.24, 2.45) is 0 Å². The van der Waals surface area contributed by atoms with E-state index in [2.05, 4.69) is 17.2 Å². The van der Waals surface area contributed by atoms with Gasteiger partial charge in [-0.05, 0) is 67.6 Å². The summed E-state index contributed by atoms with van der Waals surface area (Å²) in [4.78, 5) is 0. The van der Waals surface area contributed by atoms with E-state index in [1.807, 2.05) is 24.3 Å². The Morgan fingerprint density at radius 3 is 2.48 bits per heavy atom. The maximum Gasteiger partial charge on any atom is 0.123 e. The Bertz CT molecular complexity index is 844. The number of halogens is 2. The van der Waals surface area contributed by atoms with Crippen molar-refractivity contribution in [3.05, 3.63) is 70.5 Å². The SMILES string of the molecule is O[C@H](c1cccc(F)c1)C12CCC(C#Cc3ccc(Cl)cc3)(CC1)N2. The van der Waals surface area contributed by atoms with Gasteiger partial charge < -0.3 is 5.11 Å². The second kappa shape index (κ2) is 6.14. The van der Waals surface area contributed by atoms with E-state index in [4.69, 9.17) is 11.6 Å². The summed E-state index contributed by atoms with van der Waals surface area (Å²) in [6, 6.07) is 13.7. The highest BCUT2D eigenvalue weighted by molar-refractivity contribution is 6.30. The van der Waals surface area contributed by atoms with Gasteiger partial charge in [-0.3, -0.25) is 5.32 Å². The molecule has 2 bridgehead atoms. The smallest absolute Gasteiger partial charge is 0.123 e. The Balaban J connectivity index is 1.56. The van der Waals surface area contributed by atoms with E-state index in [9.17, 15) is 9.50 Å². The average Bonchev–Trinajstić information content (AvgIpc) is 3.18. The molecular formula is C21H19ClFNO. The molecule has 2 aromatic carbocycles. The number of hydrogen-bond acceptors (Lipinski definition) is 2. The Morgan fingerprint density at radius 1 is 1.08 bits per heavy atom. The van der Waals surface area contributed by atoms with Crippen molar-refractivity contribution in [3.63, 3.8) is 0 Å². The van der Waals surface area contributed by atoms with Crippen LogP contribution in [0.1, 0.15) is 42.9 Å². The van der Waals surface area contributed by atoms with Crippen LogP contribution in [-0.4, -0.2) is 16.2 Å². The Morgan fingerprint density at radius 2 is 1.80 bits per heavy atom. The standard InChI is InChI=1S/C21H19ClFNO/c22-17-6-4-15(5-7-17)8-9-20-10-12-21(24-20,13-11-20)19(25)16-2-1-3-18(23)14-16/h1-7,14,19,24-25H,10-13H2/t19-,20?,21?/m1/s1. The van der Waals surface area contributed by atoms with Gasteiger partial charge >= 0.3 is 0 Å². The van der Waals surface area contributed by atoms with Crippen molar-refractivity contribution in [2.75, 3.05) is 0 Å². The minimum Gasteiger partial charge on any atom is -0.386 e. The fraction of sp³-hybridized carbons (Fsp3) is 0.333. The minimum absolute atomic E-state index is 0.270. The lowest BCUT2D eigenvalue weighted by molar-refractivity contribution is 0.0736. The summed E-state index contributed by atoms with van der Waals surface area (Å²) in [5.41, 5.74) is 0.864. The van der Waals surface area contributed by atoms with Crippen molar-refractivity contribution in [2.45, 2.75) is 42.9 Å². The second-order valence-electron chi connectivity index (χ2n) is 7.08. The van der Waals surface area contributed by atoms with Gasteiger partial charge in [0.2, 0.25) is 0 Å². The monoisotopic (exact) mass is 355 g/mol. The normalized spacial score (nSPS) is 28.4. The van der Waals surface area contributed by atoms with E-state index >= 15 is 0 Å². The topological polar surface area (TPSA) is 32.3 Å². The molecule has 0 spiro atoms. The minimum atomic E-state index is -0.732. The molecule has 0 radical (unpaired) electrons. The van der Waals surface area contributed by atoms with Gasteiger partial charge in [-0.2, -0.15) is 0 Å². The van der Waals surface area contributed by atoms with E-state index < -0.39 is 11.6 Å². The molecule has 128 valence electrons.